The van der Waals surface area contributed by atoms with Crippen molar-refractivity contribution in [3.8, 4) is 0 Å². The Labute approximate surface area is 84.2 Å². The van der Waals surface area contributed by atoms with Gasteiger partial charge in [0, 0.05) is 24.5 Å². The second-order valence-corrected chi connectivity index (χ2v) is 3.97. The van der Waals surface area contributed by atoms with Crippen LogP contribution in [0.4, 0.5) is 0 Å². The molecule has 0 aromatic carbocycles. The Bertz CT molecular complexity index is 281. The molecule has 1 aliphatic carbocycles. The third-order valence-corrected chi connectivity index (χ3v) is 2.78. The fourth-order valence-corrected chi connectivity index (χ4v) is 1.75. The van der Waals surface area contributed by atoms with E-state index >= 15 is 0 Å². The van der Waals surface area contributed by atoms with E-state index in [1.54, 1.807) is 12.4 Å². The Kier molecular flexibility index (Phi) is 2.74. The molecule has 4 heteroatoms. The highest BCUT2D eigenvalue weighted by atomic mass is 15.2. The van der Waals surface area contributed by atoms with Crippen LogP contribution in [0.1, 0.15) is 18.7 Å². The molecule has 1 aromatic heterocycles. The largest absolute Gasteiger partial charge is 0.328 e. The van der Waals surface area contributed by atoms with Crippen molar-refractivity contribution in [3.05, 3.63) is 24.3 Å². The standard InChI is InChI=1S/C10H16N4/c1-14(9-5-8(11)6-9)7-10-12-3-2-4-13-10/h2-4,8-9H,5-7,11H2,1H3. The van der Waals surface area contributed by atoms with E-state index in [9.17, 15) is 0 Å². The second kappa shape index (κ2) is 4.02. The van der Waals surface area contributed by atoms with Crippen molar-refractivity contribution < 1.29 is 0 Å². The van der Waals surface area contributed by atoms with Gasteiger partial charge < -0.3 is 5.73 Å². The molecule has 0 aliphatic heterocycles. The van der Waals surface area contributed by atoms with Crippen LogP contribution in [0.5, 0.6) is 0 Å². The molecule has 0 radical (unpaired) electrons. The van der Waals surface area contributed by atoms with Crippen LogP contribution in [0.25, 0.3) is 0 Å². The fourth-order valence-electron chi connectivity index (χ4n) is 1.75. The van der Waals surface area contributed by atoms with E-state index in [0.29, 0.717) is 12.1 Å². The van der Waals surface area contributed by atoms with Crippen LogP contribution in [0.15, 0.2) is 18.5 Å². The molecule has 0 spiro atoms. The summed E-state index contributed by atoms with van der Waals surface area (Å²) in [6.45, 7) is 0.818. The monoisotopic (exact) mass is 192 g/mol. The molecule has 4 nitrogen and oxygen atoms in total. The van der Waals surface area contributed by atoms with Crippen molar-refractivity contribution in [1.82, 2.24) is 14.9 Å². The summed E-state index contributed by atoms with van der Waals surface area (Å²) < 4.78 is 0. The molecule has 2 rings (SSSR count). The third-order valence-electron chi connectivity index (χ3n) is 2.78. The first-order chi connectivity index (χ1) is 6.75. The van der Waals surface area contributed by atoms with E-state index in [4.69, 9.17) is 5.73 Å². The first-order valence-corrected chi connectivity index (χ1v) is 4.97. The average Bonchev–Trinajstić information content (AvgIpc) is 2.14. The van der Waals surface area contributed by atoms with Crippen LogP contribution in [-0.2, 0) is 6.54 Å². The van der Waals surface area contributed by atoms with E-state index < -0.39 is 0 Å². The van der Waals surface area contributed by atoms with Crippen molar-refractivity contribution in [3.63, 3.8) is 0 Å². The summed E-state index contributed by atoms with van der Waals surface area (Å²) >= 11 is 0. The molecular weight excluding hydrogens is 176 g/mol. The smallest absolute Gasteiger partial charge is 0.142 e. The topological polar surface area (TPSA) is 55.0 Å². The van der Waals surface area contributed by atoms with Gasteiger partial charge in [-0.2, -0.15) is 0 Å². The molecule has 14 heavy (non-hydrogen) atoms. The zero-order valence-corrected chi connectivity index (χ0v) is 8.43. The Hall–Kier alpha value is -1.00. The number of aromatic nitrogens is 2. The Morgan fingerprint density at radius 2 is 2.07 bits per heavy atom. The van der Waals surface area contributed by atoms with Crippen molar-refractivity contribution >= 4 is 0 Å². The van der Waals surface area contributed by atoms with Crippen molar-refractivity contribution in [1.29, 1.82) is 0 Å². The summed E-state index contributed by atoms with van der Waals surface area (Å²) in [4.78, 5) is 10.7. The highest BCUT2D eigenvalue weighted by Crippen LogP contribution is 2.23. The van der Waals surface area contributed by atoms with E-state index in [-0.39, 0.29) is 0 Å². The van der Waals surface area contributed by atoms with Crippen molar-refractivity contribution in [2.45, 2.75) is 31.5 Å². The summed E-state index contributed by atoms with van der Waals surface area (Å²) in [5.41, 5.74) is 5.74. The molecule has 0 saturated heterocycles. The lowest BCUT2D eigenvalue weighted by Crippen LogP contribution is -2.48. The summed E-state index contributed by atoms with van der Waals surface area (Å²) in [5.74, 6) is 0.885. The van der Waals surface area contributed by atoms with Gasteiger partial charge in [0.15, 0.2) is 0 Å². The van der Waals surface area contributed by atoms with Gasteiger partial charge in [-0.1, -0.05) is 0 Å². The molecule has 0 atom stereocenters. The van der Waals surface area contributed by atoms with E-state index in [1.165, 1.54) is 0 Å². The van der Waals surface area contributed by atoms with Crippen LogP contribution in [0, 0.1) is 0 Å². The molecular formula is C10H16N4. The molecule has 2 N–H and O–H groups in total. The van der Waals surface area contributed by atoms with Gasteiger partial charge in [0.2, 0.25) is 0 Å². The van der Waals surface area contributed by atoms with E-state index in [2.05, 4.69) is 21.9 Å². The first-order valence-electron chi connectivity index (χ1n) is 4.97. The van der Waals surface area contributed by atoms with Crippen LogP contribution in [-0.4, -0.2) is 34.0 Å². The lowest BCUT2D eigenvalue weighted by atomic mass is 9.86. The number of hydrogen-bond donors (Lipinski definition) is 1. The van der Waals surface area contributed by atoms with E-state index in [1.807, 2.05) is 6.07 Å². The zero-order chi connectivity index (χ0) is 9.97. The van der Waals surface area contributed by atoms with Gasteiger partial charge in [0.05, 0.1) is 6.54 Å². The maximum Gasteiger partial charge on any atom is 0.142 e. The summed E-state index contributed by atoms with van der Waals surface area (Å²) in [5, 5.41) is 0. The minimum absolute atomic E-state index is 0.402. The summed E-state index contributed by atoms with van der Waals surface area (Å²) in [6, 6.07) is 2.86. The molecule has 0 unspecified atom stereocenters. The average molecular weight is 192 g/mol. The minimum Gasteiger partial charge on any atom is -0.328 e. The zero-order valence-electron chi connectivity index (χ0n) is 8.43. The molecule has 1 aliphatic rings. The second-order valence-electron chi connectivity index (χ2n) is 3.97. The van der Waals surface area contributed by atoms with Crippen LogP contribution < -0.4 is 5.73 Å². The highest BCUT2D eigenvalue weighted by Gasteiger charge is 2.29. The molecule has 1 heterocycles. The number of nitrogens with two attached hydrogens (primary N) is 1. The Balaban J connectivity index is 1.86. The number of nitrogens with zero attached hydrogens (tertiary/aromatic N) is 3. The maximum atomic E-state index is 5.74. The molecule has 0 bridgehead atoms. The molecule has 1 fully saturated rings. The Morgan fingerprint density at radius 3 is 2.64 bits per heavy atom. The van der Waals surface area contributed by atoms with Crippen LogP contribution in [0.2, 0.25) is 0 Å². The van der Waals surface area contributed by atoms with Crippen molar-refractivity contribution in [2.24, 2.45) is 5.73 Å². The van der Waals surface area contributed by atoms with Crippen LogP contribution >= 0.6 is 0 Å². The van der Waals surface area contributed by atoms with Gasteiger partial charge in [-0.3, -0.25) is 4.90 Å². The van der Waals surface area contributed by atoms with Crippen molar-refractivity contribution in [2.75, 3.05) is 7.05 Å². The normalized spacial score (nSPS) is 26.2. The van der Waals surface area contributed by atoms with Crippen LogP contribution in [0.3, 0.4) is 0 Å². The lowest BCUT2D eigenvalue weighted by molar-refractivity contribution is 0.130. The SMILES string of the molecule is CN(Cc1ncccn1)C1CC(N)C1. The Morgan fingerprint density at radius 1 is 1.43 bits per heavy atom. The van der Waals surface area contributed by atoms with Gasteiger partial charge in [0.1, 0.15) is 5.82 Å². The lowest BCUT2D eigenvalue weighted by Gasteiger charge is -2.38. The van der Waals surface area contributed by atoms with E-state index in [0.717, 1.165) is 25.2 Å². The fraction of sp³-hybridized carbons (Fsp3) is 0.600. The predicted octanol–water partition coefficient (Wildman–Crippen LogP) is 0.398. The number of rotatable bonds is 3. The molecule has 1 saturated carbocycles. The third kappa shape index (κ3) is 2.08. The first kappa shape index (κ1) is 9.55. The maximum absolute atomic E-state index is 5.74. The summed E-state index contributed by atoms with van der Waals surface area (Å²) in [6.07, 6.45) is 5.76. The molecule has 1 aromatic rings. The molecule has 0 amide bonds. The highest BCUT2D eigenvalue weighted by molar-refractivity contribution is 4.93. The predicted molar refractivity (Wildman–Crippen MR) is 54.5 cm³/mol. The quantitative estimate of drug-likeness (QED) is 0.753. The van der Waals surface area contributed by atoms with Gasteiger partial charge in [-0.05, 0) is 26.0 Å². The summed E-state index contributed by atoms with van der Waals surface area (Å²) in [7, 11) is 2.10. The van der Waals surface area contributed by atoms with Gasteiger partial charge in [0.25, 0.3) is 0 Å². The molecule has 76 valence electrons. The van der Waals surface area contributed by atoms with Gasteiger partial charge in [-0.25, -0.2) is 9.97 Å². The number of hydrogen-bond acceptors (Lipinski definition) is 4. The van der Waals surface area contributed by atoms with Gasteiger partial charge >= 0.3 is 0 Å². The van der Waals surface area contributed by atoms with Gasteiger partial charge in [-0.15, -0.1) is 0 Å². The minimum atomic E-state index is 0.402.